The van der Waals surface area contributed by atoms with Crippen molar-refractivity contribution in [2.24, 2.45) is 0 Å². The van der Waals surface area contributed by atoms with Crippen molar-refractivity contribution in [3.63, 3.8) is 0 Å². The molecule has 2 N–H and O–H groups in total. The molecule has 0 atom stereocenters. The maximum Gasteiger partial charge on any atom is 0.259 e. The monoisotopic (exact) mass is 416 g/mol. The first kappa shape index (κ1) is 19.0. The minimum absolute atomic E-state index is 0.0642. The molecule has 0 unspecified atom stereocenters. The fraction of sp³-hybridized carbons (Fsp3) is 0.217. The zero-order chi connectivity index (χ0) is 21.4. The van der Waals surface area contributed by atoms with Crippen LogP contribution in [0.15, 0.2) is 57.7 Å². The number of fused-ring (bicyclic) bond motifs is 1. The summed E-state index contributed by atoms with van der Waals surface area (Å²) in [5.74, 6) is 0.192. The minimum atomic E-state index is -0.276. The summed E-state index contributed by atoms with van der Waals surface area (Å²) in [6.07, 6.45) is 3.64. The summed E-state index contributed by atoms with van der Waals surface area (Å²) in [7, 11) is 0. The molecular formula is C23H20N4O4. The van der Waals surface area contributed by atoms with Crippen LogP contribution < -0.4 is 10.6 Å². The molecule has 0 bridgehead atoms. The van der Waals surface area contributed by atoms with Crippen molar-refractivity contribution in [3.8, 4) is 11.5 Å². The molecule has 1 aliphatic carbocycles. The summed E-state index contributed by atoms with van der Waals surface area (Å²) >= 11 is 0. The normalized spacial score (nSPS) is 13.3. The Bertz CT molecular complexity index is 1250. The van der Waals surface area contributed by atoms with Crippen molar-refractivity contribution < 1.29 is 18.5 Å². The third-order valence-electron chi connectivity index (χ3n) is 5.22. The molecular weight excluding hydrogens is 396 g/mol. The van der Waals surface area contributed by atoms with Gasteiger partial charge in [0.05, 0.1) is 22.9 Å². The van der Waals surface area contributed by atoms with E-state index in [0.29, 0.717) is 46.2 Å². The number of rotatable bonds is 6. The van der Waals surface area contributed by atoms with Crippen LogP contribution in [0.25, 0.3) is 22.6 Å². The van der Waals surface area contributed by atoms with Gasteiger partial charge in [0.1, 0.15) is 5.69 Å². The second-order valence-corrected chi connectivity index (χ2v) is 7.61. The largest absolute Gasteiger partial charge is 0.463 e. The number of nitrogens with zero attached hydrogens (tertiary/aromatic N) is 2. The standard InChI is InChI=1S/C23H20N4O4/c1-13-20-17(11-18(19-3-2-10-30-19)26-23(20)31-27-13)22(29)24-12-14-4-6-15(7-5-14)21(28)25-16-8-9-16/h2-7,10-11,16H,8-9,12H2,1H3,(H,24,29)(H,25,28). The summed E-state index contributed by atoms with van der Waals surface area (Å²) in [6, 6.07) is 12.7. The SMILES string of the molecule is Cc1noc2nc(-c3ccco3)cc(C(=O)NCc3ccc(C(=O)NC4CC4)cc3)c12. The van der Waals surface area contributed by atoms with Gasteiger partial charge in [0.25, 0.3) is 17.5 Å². The molecule has 8 heteroatoms. The molecule has 1 saturated carbocycles. The number of benzene rings is 1. The molecule has 156 valence electrons. The molecule has 0 spiro atoms. The average molecular weight is 416 g/mol. The van der Waals surface area contributed by atoms with Crippen molar-refractivity contribution in [2.45, 2.75) is 32.4 Å². The molecule has 3 heterocycles. The van der Waals surface area contributed by atoms with Gasteiger partial charge in [0.2, 0.25) is 0 Å². The molecule has 0 aliphatic heterocycles. The zero-order valence-electron chi connectivity index (χ0n) is 16.8. The predicted molar refractivity (Wildman–Crippen MR) is 112 cm³/mol. The van der Waals surface area contributed by atoms with E-state index in [1.165, 1.54) is 0 Å². The molecule has 2 amide bonds. The first-order chi connectivity index (χ1) is 15.1. The highest BCUT2D eigenvalue weighted by Crippen LogP contribution is 2.27. The second-order valence-electron chi connectivity index (χ2n) is 7.61. The Morgan fingerprint density at radius 2 is 1.94 bits per heavy atom. The first-order valence-electron chi connectivity index (χ1n) is 10.1. The number of hydrogen-bond donors (Lipinski definition) is 2. The van der Waals surface area contributed by atoms with E-state index in [2.05, 4.69) is 20.8 Å². The lowest BCUT2D eigenvalue weighted by molar-refractivity contribution is 0.0942. The van der Waals surface area contributed by atoms with Crippen LogP contribution in [-0.2, 0) is 6.54 Å². The van der Waals surface area contributed by atoms with Gasteiger partial charge in [-0.1, -0.05) is 17.3 Å². The average Bonchev–Trinajstić information content (AvgIpc) is 3.27. The third-order valence-corrected chi connectivity index (χ3v) is 5.22. The Morgan fingerprint density at radius 3 is 2.65 bits per heavy atom. The molecule has 4 aromatic rings. The van der Waals surface area contributed by atoms with E-state index < -0.39 is 0 Å². The number of pyridine rings is 1. The van der Waals surface area contributed by atoms with Crippen LogP contribution in [0.5, 0.6) is 0 Å². The lowest BCUT2D eigenvalue weighted by atomic mass is 10.1. The van der Waals surface area contributed by atoms with Crippen molar-refractivity contribution in [3.05, 3.63) is 71.1 Å². The highest BCUT2D eigenvalue weighted by Gasteiger charge is 2.24. The summed E-state index contributed by atoms with van der Waals surface area (Å²) in [4.78, 5) is 29.5. The van der Waals surface area contributed by atoms with Gasteiger partial charge in [-0.25, -0.2) is 4.98 Å². The maximum atomic E-state index is 13.0. The van der Waals surface area contributed by atoms with E-state index in [-0.39, 0.29) is 17.5 Å². The van der Waals surface area contributed by atoms with E-state index in [1.807, 2.05) is 12.1 Å². The van der Waals surface area contributed by atoms with Crippen LogP contribution in [0.4, 0.5) is 0 Å². The van der Waals surface area contributed by atoms with Crippen LogP contribution in [0.1, 0.15) is 44.8 Å². The van der Waals surface area contributed by atoms with E-state index in [4.69, 9.17) is 8.94 Å². The summed E-state index contributed by atoms with van der Waals surface area (Å²) in [6.45, 7) is 2.08. The van der Waals surface area contributed by atoms with Crippen molar-refractivity contribution in [1.29, 1.82) is 0 Å². The van der Waals surface area contributed by atoms with Gasteiger partial charge in [-0.2, -0.15) is 0 Å². The fourth-order valence-electron chi connectivity index (χ4n) is 3.37. The molecule has 1 aromatic carbocycles. The van der Waals surface area contributed by atoms with Gasteiger partial charge in [-0.3, -0.25) is 9.59 Å². The van der Waals surface area contributed by atoms with Crippen molar-refractivity contribution in [1.82, 2.24) is 20.8 Å². The molecule has 31 heavy (non-hydrogen) atoms. The maximum absolute atomic E-state index is 13.0. The Hall–Kier alpha value is -3.94. The molecule has 1 aliphatic rings. The van der Waals surface area contributed by atoms with E-state index in [9.17, 15) is 9.59 Å². The highest BCUT2D eigenvalue weighted by molar-refractivity contribution is 6.06. The van der Waals surface area contributed by atoms with Crippen LogP contribution in [0.3, 0.4) is 0 Å². The van der Waals surface area contributed by atoms with Gasteiger partial charge in [0.15, 0.2) is 5.76 Å². The van der Waals surface area contributed by atoms with Crippen LogP contribution in [-0.4, -0.2) is 28.0 Å². The van der Waals surface area contributed by atoms with Gasteiger partial charge < -0.3 is 19.6 Å². The number of hydrogen-bond acceptors (Lipinski definition) is 6. The summed E-state index contributed by atoms with van der Waals surface area (Å²) < 4.78 is 10.7. The van der Waals surface area contributed by atoms with Gasteiger partial charge >= 0.3 is 0 Å². The quantitative estimate of drug-likeness (QED) is 0.497. The molecule has 8 nitrogen and oxygen atoms in total. The lowest BCUT2D eigenvalue weighted by Crippen LogP contribution is -2.25. The molecule has 1 fully saturated rings. The fourth-order valence-corrected chi connectivity index (χ4v) is 3.37. The lowest BCUT2D eigenvalue weighted by Gasteiger charge is -2.09. The predicted octanol–water partition coefficient (Wildman–Crippen LogP) is 3.61. The topological polar surface area (TPSA) is 110 Å². The number of nitrogens with one attached hydrogen (secondary N) is 2. The highest BCUT2D eigenvalue weighted by atomic mass is 16.5. The first-order valence-corrected chi connectivity index (χ1v) is 10.1. The van der Waals surface area contributed by atoms with Gasteiger partial charge in [0, 0.05) is 18.2 Å². The Balaban J connectivity index is 1.34. The van der Waals surface area contributed by atoms with Crippen molar-refractivity contribution in [2.75, 3.05) is 0 Å². The molecule has 3 aromatic heterocycles. The van der Waals surface area contributed by atoms with Crippen LogP contribution in [0.2, 0.25) is 0 Å². The van der Waals surface area contributed by atoms with E-state index >= 15 is 0 Å². The number of amides is 2. The summed E-state index contributed by atoms with van der Waals surface area (Å²) in [5, 5.41) is 10.4. The van der Waals surface area contributed by atoms with Crippen molar-refractivity contribution >= 4 is 22.9 Å². The zero-order valence-corrected chi connectivity index (χ0v) is 16.8. The molecule has 0 radical (unpaired) electrons. The Kier molecular flexibility index (Phi) is 4.74. The number of aryl methyl sites for hydroxylation is 1. The Labute approximate surface area is 177 Å². The Morgan fingerprint density at radius 1 is 1.13 bits per heavy atom. The third kappa shape index (κ3) is 3.92. The van der Waals surface area contributed by atoms with E-state index in [0.717, 1.165) is 18.4 Å². The number of furan rings is 1. The summed E-state index contributed by atoms with van der Waals surface area (Å²) in [5.41, 5.74) is 3.27. The van der Waals surface area contributed by atoms with E-state index in [1.54, 1.807) is 43.5 Å². The smallest absolute Gasteiger partial charge is 0.259 e. The number of carbonyl (C=O) groups is 2. The van der Waals surface area contributed by atoms with Gasteiger partial charge in [-0.15, -0.1) is 0 Å². The van der Waals surface area contributed by atoms with Gasteiger partial charge in [-0.05, 0) is 55.7 Å². The van der Waals surface area contributed by atoms with Crippen LogP contribution >= 0.6 is 0 Å². The number of carbonyl (C=O) groups excluding carboxylic acids is 2. The van der Waals surface area contributed by atoms with Crippen LogP contribution in [0, 0.1) is 6.92 Å². The molecule has 5 rings (SSSR count). The minimum Gasteiger partial charge on any atom is -0.463 e. The second kappa shape index (κ2) is 7.71. The molecule has 0 saturated heterocycles. The number of aromatic nitrogens is 2.